The van der Waals surface area contributed by atoms with Crippen molar-refractivity contribution in [2.45, 2.75) is 63.1 Å². The molecule has 0 fully saturated rings. The number of nitrogens with zero attached hydrogens (tertiary/aromatic N) is 1. The molecule has 2 amide bonds. The zero-order valence-electron chi connectivity index (χ0n) is 19.2. The zero-order chi connectivity index (χ0) is 24.9. The highest BCUT2D eigenvalue weighted by Gasteiger charge is 2.42. The van der Waals surface area contributed by atoms with Crippen LogP contribution in [-0.4, -0.2) is 47.7 Å². The average molecular weight is 488 g/mol. The van der Waals surface area contributed by atoms with Gasteiger partial charge in [0.1, 0.15) is 6.04 Å². The fourth-order valence-corrected chi connectivity index (χ4v) is 5.59. The number of fused-ring (bicyclic) bond motifs is 1. The maximum atomic E-state index is 13.6. The second-order valence-electron chi connectivity index (χ2n) is 8.25. The number of amides is 2. The number of unbranched alkanes of at least 4 members (excludes halogenated alkanes) is 1. The molecule has 3 rings (SSSR count). The Morgan fingerprint density at radius 1 is 1.12 bits per heavy atom. The quantitative estimate of drug-likeness (QED) is 0.495. The Bertz CT molecular complexity index is 1160. The van der Waals surface area contributed by atoms with Crippen molar-refractivity contribution in [1.82, 2.24) is 9.62 Å². The molecular weight excluding hydrogens is 458 g/mol. The SMILES string of the molecule is CCCC[C@@H](C(=O)O)N(C(=O)[C@@H]1Cc2ccccc2CN1)S(=O)(=O)c1ccc(NC(C)=O)cc1. The van der Waals surface area contributed by atoms with Crippen LogP contribution in [0.5, 0.6) is 0 Å². The van der Waals surface area contributed by atoms with Gasteiger partial charge in [-0.05, 0) is 48.2 Å². The lowest BCUT2D eigenvalue weighted by Gasteiger charge is -2.33. The van der Waals surface area contributed by atoms with Gasteiger partial charge in [0, 0.05) is 19.2 Å². The van der Waals surface area contributed by atoms with Gasteiger partial charge in [0.05, 0.1) is 10.9 Å². The lowest BCUT2D eigenvalue weighted by molar-refractivity contribution is -0.147. The minimum absolute atomic E-state index is 0.00405. The molecule has 0 saturated heterocycles. The average Bonchev–Trinajstić information content (AvgIpc) is 2.80. The summed E-state index contributed by atoms with van der Waals surface area (Å²) in [5.41, 5.74) is 2.31. The third-order valence-electron chi connectivity index (χ3n) is 5.73. The van der Waals surface area contributed by atoms with Crippen molar-refractivity contribution in [2.75, 3.05) is 5.32 Å². The number of sulfonamides is 1. The first-order valence-corrected chi connectivity index (χ1v) is 12.6. The van der Waals surface area contributed by atoms with E-state index in [-0.39, 0.29) is 23.6 Å². The molecular formula is C24H29N3O6S. The number of aliphatic carboxylic acids is 1. The molecule has 0 spiro atoms. The fraction of sp³-hybridized carbons (Fsp3) is 0.375. The van der Waals surface area contributed by atoms with Crippen molar-refractivity contribution in [2.24, 2.45) is 0 Å². The van der Waals surface area contributed by atoms with Gasteiger partial charge in [-0.2, -0.15) is 0 Å². The Hall–Kier alpha value is -3.24. The normalized spacial score (nSPS) is 16.2. The van der Waals surface area contributed by atoms with Crippen molar-refractivity contribution in [3.8, 4) is 0 Å². The minimum Gasteiger partial charge on any atom is -0.480 e. The molecule has 0 bridgehead atoms. The van der Waals surface area contributed by atoms with E-state index in [2.05, 4.69) is 10.6 Å². The smallest absolute Gasteiger partial charge is 0.327 e. The van der Waals surface area contributed by atoms with E-state index in [1.54, 1.807) is 0 Å². The molecule has 1 aliphatic heterocycles. The topological polar surface area (TPSA) is 133 Å². The summed E-state index contributed by atoms with van der Waals surface area (Å²) in [6, 6.07) is 10.4. The van der Waals surface area contributed by atoms with Gasteiger partial charge >= 0.3 is 5.97 Å². The molecule has 3 N–H and O–H groups in total. The van der Waals surface area contributed by atoms with Crippen LogP contribution in [0.25, 0.3) is 0 Å². The Morgan fingerprint density at radius 2 is 1.76 bits per heavy atom. The van der Waals surface area contributed by atoms with Gasteiger partial charge in [-0.3, -0.25) is 9.59 Å². The molecule has 2 atom stereocenters. The van der Waals surface area contributed by atoms with Crippen molar-refractivity contribution in [1.29, 1.82) is 0 Å². The number of hydrogen-bond acceptors (Lipinski definition) is 6. The summed E-state index contributed by atoms with van der Waals surface area (Å²) in [5.74, 6) is -2.50. The van der Waals surface area contributed by atoms with Crippen molar-refractivity contribution < 1.29 is 27.9 Å². The molecule has 0 radical (unpaired) electrons. The summed E-state index contributed by atoms with van der Waals surface area (Å²) in [7, 11) is -4.50. The van der Waals surface area contributed by atoms with E-state index in [1.165, 1.54) is 31.2 Å². The minimum atomic E-state index is -4.50. The second kappa shape index (κ2) is 10.8. The molecule has 0 saturated carbocycles. The number of rotatable bonds is 9. The number of carboxylic acid groups (broad SMARTS) is 1. The number of carbonyl (C=O) groups excluding carboxylic acids is 2. The zero-order valence-corrected chi connectivity index (χ0v) is 20.0. The highest BCUT2D eigenvalue weighted by atomic mass is 32.2. The molecule has 0 unspecified atom stereocenters. The molecule has 2 aromatic carbocycles. The van der Waals surface area contributed by atoms with Gasteiger partial charge in [0.2, 0.25) is 5.91 Å². The third-order valence-corrected chi connectivity index (χ3v) is 7.55. The van der Waals surface area contributed by atoms with Crippen molar-refractivity contribution in [3.05, 3.63) is 59.7 Å². The molecule has 182 valence electrons. The van der Waals surface area contributed by atoms with E-state index in [9.17, 15) is 27.9 Å². The number of carboxylic acids is 1. The number of hydrogen-bond donors (Lipinski definition) is 3. The van der Waals surface area contributed by atoms with Crippen LogP contribution in [-0.2, 0) is 37.4 Å². The molecule has 0 aromatic heterocycles. The fourth-order valence-electron chi connectivity index (χ4n) is 3.99. The largest absolute Gasteiger partial charge is 0.480 e. The van der Waals surface area contributed by atoms with E-state index in [0.29, 0.717) is 29.4 Å². The van der Waals surface area contributed by atoms with Crippen LogP contribution in [0.15, 0.2) is 53.4 Å². The summed E-state index contributed by atoms with van der Waals surface area (Å²) < 4.78 is 27.8. The number of carbonyl (C=O) groups is 3. The summed E-state index contributed by atoms with van der Waals surface area (Å²) in [4.78, 5) is 36.8. The summed E-state index contributed by atoms with van der Waals surface area (Å²) in [6.07, 6.45) is 1.34. The molecule has 10 heteroatoms. The van der Waals surface area contributed by atoms with E-state index in [0.717, 1.165) is 11.1 Å². The summed E-state index contributed by atoms with van der Waals surface area (Å²) in [5, 5.41) is 15.5. The van der Waals surface area contributed by atoms with E-state index in [1.807, 2.05) is 31.2 Å². The van der Waals surface area contributed by atoms with Crippen LogP contribution in [0.1, 0.15) is 44.2 Å². The predicted molar refractivity (Wildman–Crippen MR) is 127 cm³/mol. The molecule has 2 aromatic rings. The first-order valence-electron chi connectivity index (χ1n) is 11.1. The first-order chi connectivity index (χ1) is 16.1. The number of benzene rings is 2. The molecule has 34 heavy (non-hydrogen) atoms. The van der Waals surface area contributed by atoms with Crippen LogP contribution in [0.2, 0.25) is 0 Å². The predicted octanol–water partition coefficient (Wildman–Crippen LogP) is 2.52. The number of anilines is 1. The van der Waals surface area contributed by atoms with Crippen LogP contribution < -0.4 is 10.6 Å². The van der Waals surface area contributed by atoms with Crippen molar-refractivity contribution in [3.63, 3.8) is 0 Å². The Balaban J connectivity index is 2.00. The van der Waals surface area contributed by atoms with Crippen LogP contribution in [0.3, 0.4) is 0 Å². The maximum absolute atomic E-state index is 13.6. The van der Waals surface area contributed by atoms with Crippen LogP contribution in [0, 0.1) is 0 Å². The van der Waals surface area contributed by atoms with E-state index < -0.39 is 34.0 Å². The highest BCUT2D eigenvalue weighted by Crippen LogP contribution is 2.26. The van der Waals surface area contributed by atoms with Crippen molar-refractivity contribution >= 4 is 33.5 Å². The van der Waals surface area contributed by atoms with Crippen LogP contribution >= 0.6 is 0 Å². The van der Waals surface area contributed by atoms with E-state index >= 15 is 0 Å². The standard InChI is InChI=1S/C24H29N3O6S/c1-3-4-9-22(24(30)31)27(23(29)21-14-17-7-5-6-8-18(17)15-25-21)34(32,33)20-12-10-19(11-13-20)26-16(2)28/h5-8,10-13,21-22,25H,3-4,9,14-15H2,1-2H3,(H,26,28)(H,30,31)/t21-,22-/m0/s1. The van der Waals surface area contributed by atoms with Gasteiger partial charge in [-0.15, -0.1) is 0 Å². The highest BCUT2D eigenvalue weighted by molar-refractivity contribution is 7.89. The Kier molecular flexibility index (Phi) is 8.06. The van der Waals surface area contributed by atoms with E-state index in [4.69, 9.17) is 0 Å². The Labute approximate surface area is 199 Å². The summed E-state index contributed by atoms with van der Waals surface area (Å²) >= 11 is 0. The first kappa shape index (κ1) is 25.4. The monoisotopic (exact) mass is 487 g/mol. The van der Waals surface area contributed by atoms with Gasteiger partial charge in [0.25, 0.3) is 15.9 Å². The third kappa shape index (κ3) is 5.63. The lowest BCUT2D eigenvalue weighted by Crippen LogP contribution is -2.56. The summed E-state index contributed by atoms with van der Waals surface area (Å²) in [6.45, 7) is 3.56. The van der Waals surface area contributed by atoms with Gasteiger partial charge < -0.3 is 15.7 Å². The Morgan fingerprint density at radius 3 is 2.35 bits per heavy atom. The molecule has 0 aliphatic carbocycles. The molecule has 1 heterocycles. The second-order valence-corrected chi connectivity index (χ2v) is 10.1. The molecule has 1 aliphatic rings. The van der Waals surface area contributed by atoms with Gasteiger partial charge in [-0.1, -0.05) is 44.0 Å². The lowest BCUT2D eigenvalue weighted by atomic mass is 9.95. The van der Waals surface area contributed by atoms with Gasteiger partial charge in [0.15, 0.2) is 0 Å². The van der Waals surface area contributed by atoms with Gasteiger partial charge in [-0.25, -0.2) is 17.5 Å². The van der Waals surface area contributed by atoms with Crippen LogP contribution in [0.4, 0.5) is 5.69 Å². The maximum Gasteiger partial charge on any atom is 0.327 e. The molecule has 9 nitrogen and oxygen atoms in total. The number of nitrogens with one attached hydrogen (secondary N) is 2.